The first-order valence-electron chi connectivity index (χ1n) is 3.30. The first-order valence-corrected chi connectivity index (χ1v) is 5.67. The maximum atomic E-state index is 11.3. The highest BCUT2D eigenvalue weighted by Crippen LogP contribution is 2.27. The van der Waals surface area contributed by atoms with E-state index in [2.05, 4.69) is 22.6 Å². The number of hydrogen-bond acceptors (Lipinski definition) is 1. The summed E-state index contributed by atoms with van der Waals surface area (Å²) in [4.78, 5) is 11.3. The van der Waals surface area contributed by atoms with Crippen LogP contribution >= 0.6 is 57.4 Å². The van der Waals surface area contributed by atoms with Crippen molar-refractivity contribution in [2.45, 2.75) is 0 Å². The fraction of sp³-hybridized carbons (Fsp3) is 0.125. The van der Waals surface area contributed by atoms with Crippen LogP contribution in [-0.4, -0.2) is 11.7 Å². The Bertz CT molecular complexity index is 328. The molecule has 0 unspecified atom stereocenters. The van der Waals surface area contributed by atoms with Crippen molar-refractivity contribution in [1.82, 2.24) is 0 Å². The van der Waals surface area contributed by atoms with E-state index in [1.807, 2.05) is 0 Å². The van der Waals surface area contributed by atoms with Gasteiger partial charge >= 0.3 is 0 Å². The summed E-state index contributed by atoms with van der Waals surface area (Å²) in [6.07, 6.45) is 0. The quantitative estimate of drug-likeness (QED) is 0.448. The van der Waals surface area contributed by atoms with Gasteiger partial charge in [0.15, 0.2) is 5.78 Å². The molecule has 1 aromatic carbocycles. The monoisotopic (exact) mass is 348 g/mol. The molecule has 0 aliphatic carbocycles. The number of ketones is 1. The topological polar surface area (TPSA) is 17.1 Å². The van der Waals surface area contributed by atoms with Crippen molar-refractivity contribution >= 4 is 63.2 Å². The molecule has 13 heavy (non-hydrogen) atoms. The van der Waals surface area contributed by atoms with Crippen LogP contribution in [0.25, 0.3) is 0 Å². The molecule has 0 saturated heterocycles. The first-order chi connectivity index (χ1) is 6.06. The van der Waals surface area contributed by atoms with Crippen LogP contribution in [0.5, 0.6) is 0 Å². The lowest BCUT2D eigenvalue weighted by Gasteiger charge is -2.04. The van der Waals surface area contributed by atoms with Gasteiger partial charge in [0.1, 0.15) is 0 Å². The molecular weight excluding hydrogens is 345 g/mol. The molecule has 0 fully saturated rings. The maximum Gasteiger partial charge on any atom is 0.180 e. The predicted octanol–water partition coefficient (Wildman–Crippen LogP) is 4.02. The highest BCUT2D eigenvalue weighted by atomic mass is 127. The molecule has 0 atom stereocenters. The van der Waals surface area contributed by atoms with Crippen LogP contribution < -0.4 is 0 Å². The van der Waals surface area contributed by atoms with E-state index in [1.54, 1.807) is 12.1 Å². The van der Waals surface area contributed by atoms with E-state index < -0.39 is 0 Å². The summed E-state index contributed by atoms with van der Waals surface area (Å²) >= 11 is 19.2. The molecule has 0 spiro atoms. The summed E-state index contributed by atoms with van der Waals surface area (Å²) < 4.78 is 0.888. The smallest absolute Gasteiger partial charge is 0.180 e. The molecule has 0 aliphatic rings. The third kappa shape index (κ3) is 2.72. The molecule has 1 nitrogen and oxygen atoms in total. The second-order valence-electron chi connectivity index (χ2n) is 2.30. The Morgan fingerprint density at radius 2 is 1.77 bits per heavy atom. The number of hydrogen-bond donors (Lipinski definition) is 0. The van der Waals surface area contributed by atoms with Gasteiger partial charge in [0, 0.05) is 3.57 Å². The number of carbonyl (C=O) groups excluding carboxylic acids is 1. The molecule has 0 heterocycles. The molecule has 70 valence electrons. The predicted molar refractivity (Wildman–Crippen MR) is 64.2 cm³/mol. The maximum absolute atomic E-state index is 11.3. The van der Waals surface area contributed by atoms with Gasteiger partial charge in [-0.25, -0.2) is 0 Å². The number of carbonyl (C=O) groups is 1. The normalized spacial score (nSPS) is 10.2. The second-order valence-corrected chi connectivity index (χ2v) is 4.63. The minimum Gasteiger partial charge on any atom is -0.293 e. The van der Waals surface area contributed by atoms with E-state index >= 15 is 0 Å². The number of Topliss-reactive ketones (excluding diaryl/α,β-unsaturated/α-hetero) is 1. The number of rotatable bonds is 2. The van der Waals surface area contributed by atoms with E-state index in [0.717, 1.165) is 3.57 Å². The lowest BCUT2D eigenvalue weighted by molar-refractivity contribution is 0.102. The average Bonchev–Trinajstić information content (AvgIpc) is 2.02. The van der Waals surface area contributed by atoms with Crippen LogP contribution in [0.4, 0.5) is 0 Å². The van der Waals surface area contributed by atoms with Gasteiger partial charge in [-0.05, 0) is 34.7 Å². The Balaban J connectivity index is 3.28. The summed E-state index contributed by atoms with van der Waals surface area (Å²) in [7, 11) is 0. The second kappa shape index (κ2) is 4.82. The van der Waals surface area contributed by atoms with Crippen molar-refractivity contribution in [3.63, 3.8) is 0 Å². The molecule has 1 rings (SSSR count). The summed E-state index contributed by atoms with van der Waals surface area (Å²) in [5.74, 6) is -0.367. The van der Waals surface area contributed by atoms with Crippen LogP contribution in [0.15, 0.2) is 12.1 Å². The minimum atomic E-state index is -0.256. The summed E-state index contributed by atoms with van der Waals surface area (Å²) in [6.45, 7) is 0. The van der Waals surface area contributed by atoms with Crippen molar-refractivity contribution in [3.05, 3.63) is 31.3 Å². The highest BCUT2D eigenvalue weighted by molar-refractivity contribution is 14.1. The van der Waals surface area contributed by atoms with Crippen molar-refractivity contribution in [1.29, 1.82) is 0 Å². The standard InChI is InChI=1S/C8H4Cl3IO/c9-3-7(13)8-5(10)1-4(12)2-6(8)11/h1-2H,3H2. The van der Waals surface area contributed by atoms with E-state index in [-0.39, 0.29) is 11.7 Å². The van der Waals surface area contributed by atoms with Gasteiger partial charge in [-0.3, -0.25) is 4.79 Å². The Hall–Kier alpha value is 0.490. The van der Waals surface area contributed by atoms with E-state index in [9.17, 15) is 4.79 Å². The zero-order chi connectivity index (χ0) is 10.0. The van der Waals surface area contributed by atoms with Gasteiger partial charge in [0.05, 0.1) is 21.5 Å². The van der Waals surface area contributed by atoms with Crippen molar-refractivity contribution < 1.29 is 4.79 Å². The van der Waals surface area contributed by atoms with E-state index in [4.69, 9.17) is 34.8 Å². The zero-order valence-electron chi connectivity index (χ0n) is 6.28. The van der Waals surface area contributed by atoms with Gasteiger partial charge in [0.25, 0.3) is 0 Å². The minimum absolute atomic E-state index is 0.111. The fourth-order valence-corrected chi connectivity index (χ4v) is 2.70. The van der Waals surface area contributed by atoms with Gasteiger partial charge in [-0.1, -0.05) is 23.2 Å². The van der Waals surface area contributed by atoms with Crippen LogP contribution in [0, 0.1) is 3.57 Å². The highest BCUT2D eigenvalue weighted by Gasteiger charge is 2.14. The Morgan fingerprint density at radius 1 is 1.31 bits per heavy atom. The first kappa shape index (κ1) is 11.6. The van der Waals surface area contributed by atoms with E-state index in [0.29, 0.717) is 15.6 Å². The largest absolute Gasteiger partial charge is 0.293 e. The van der Waals surface area contributed by atoms with E-state index in [1.165, 1.54) is 0 Å². The zero-order valence-corrected chi connectivity index (χ0v) is 10.7. The van der Waals surface area contributed by atoms with Gasteiger partial charge < -0.3 is 0 Å². The van der Waals surface area contributed by atoms with Crippen LogP contribution in [0.2, 0.25) is 10.0 Å². The lowest BCUT2D eigenvalue weighted by atomic mass is 10.1. The van der Waals surface area contributed by atoms with Gasteiger partial charge in [0.2, 0.25) is 0 Å². The summed E-state index contributed by atoms with van der Waals surface area (Å²) in [6, 6.07) is 3.35. The van der Waals surface area contributed by atoms with Gasteiger partial charge in [-0.15, -0.1) is 11.6 Å². The summed E-state index contributed by atoms with van der Waals surface area (Å²) in [5, 5.41) is 0.699. The molecule has 0 bridgehead atoms. The molecule has 1 aromatic rings. The average molecular weight is 349 g/mol. The van der Waals surface area contributed by atoms with Crippen molar-refractivity contribution in [3.8, 4) is 0 Å². The third-order valence-electron chi connectivity index (χ3n) is 1.41. The number of alkyl halides is 1. The molecule has 0 radical (unpaired) electrons. The molecule has 0 aliphatic heterocycles. The van der Waals surface area contributed by atoms with Gasteiger partial charge in [-0.2, -0.15) is 0 Å². The van der Waals surface area contributed by atoms with Crippen molar-refractivity contribution in [2.75, 3.05) is 5.88 Å². The molecular formula is C8H4Cl3IO. The number of benzene rings is 1. The summed E-state index contributed by atoms with van der Waals surface area (Å²) in [5.41, 5.74) is 0.304. The molecule has 0 saturated carbocycles. The lowest BCUT2D eigenvalue weighted by Crippen LogP contribution is -2.02. The Morgan fingerprint density at radius 3 is 2.15 bits per heavy atom. The third-order valence-corrected chi connectivity index (χ3v) is 2.87. The number of halogens is 4. The molecule has 0 aromatic heterocycles. The van der Waals surface area contributed by atoms with Crippen LogP contribution in [0.3, 0.4) is 0 Å². The fourth-order valence-electron chi connectivity index (χ4n) is 0.875. The van der Waals surface area contributed by atoms with Crippen molar-refractivity contribution in [2.24, 2.45) is 0 Å². The molecule has 5 heteroatoms. The Kier molecular flexibility index (Phi) is 4.29. The molecule has 0 amide bonds. The van der Waals surface area contributed by atoms with Crippen LogP contribution in [0.1, 0.15) is 10.4 Å². The SMILES string of the molecule is O=C(CCl)c1c(Cl)cc(I)cc1Cl. The van der Waals surface area contributed by atoms with Crippen LogP contribution in [-0.2, 0) is 0 Å². The molecule has 0 N–H and O–H groups in total. The Labute approximate surface area is 104 Å².